The summed E-state index contributed by atoms with van der Waals surface area (Å²) < 4.78 is 0. The Kier molecular flexibility index (Phi) is 8.96. The molecule has 2 aromatic rings. The minimum atomic E-state index is -0.639. The van der Waals surface area contributed by atoms with Crippen molar-refractivity contribution < 1.29 is 14.7 Å². The van der Waals surface area contributed by atoms with Crippen LogP contribution in [0.3, 0.4) is 0 Å². The number of ketones is 1. The van der Waals surface area contributed by atoms with Crippen molar-refractivity contribution in [2.75, 3.05) is 11.9 Å². The first-order chi connectivity index (χ1) is 14.3. The predicted octanol–water partition coefficient (Wildman–Crippen LogP) is 4.44. The van der Waals surface area contributed by atoms with E-state index in [-0.39, 0.29) is 17.7 Å². The van der Waals surface area contributed by atoms with Gasteiger partial charge in [0.1, 0.15) is 0 Å². The van der Waals surface area contributed by atoms with E-state index >= 15 is 0 Å². The molecule has 2 atom stereocenters. The minimum Gasteiger partial charge on any atom is -0.387 e. The van der Waals surface area contributed by atoms with Crippen LogP contribution in [0, 0.1) is 0 Å². The van der Waals surface area contributed by atoms with Crippen LogP contribution in [-0.2, 0) is 11.2 Å². The van der Waals surface area contributed by atoms with E-state index in [2.05, 4.69) is 17.6 Å². The molecule has 0 radical (unpaired) electrons. The zero-order chi connectivity index (χ0) is 22.1. The molecule has 0 saturated carbocycles. The third kappa shape index (κ3) is 7.25. The number of hydrogen-bond donors (Lipinski definition) is 3. The number of nitrogens with one attached hydrogen (secondary N) is 2. The third-order valence-corrected chi connectivity index (χ3v) is 4.89. The summed E-state index contributed by atoms with van der Waals surface area (Å²) in [4.78, 5) is 24.4. The quantitative estimate of drug-likeness (QED) is 0.401. The fraction of sp³-hybridized carbons (Fsp3) is 0.360. The van der Waals surface area contributed by atoms with Crippen LogP contribution in [-0.4, -0.2) is 29.4 Å². The zero-order valence-corrected chi connectivity index (χ0v) is 18.2. The highest BCUT2D eigenvalue weighted by atomic mass is 16.3. The maximum Gasteiger partial charge on any atom is 0.248 e. The number of amides is 1. The number of allylic oxidation sites excluding steroid dienone is 1. The summed E-state index contributed by atoms with van der Waals surface area (Å²) >= 11 is 0. The molecule has 1 amide bonds. The van der Waals surface area contributed by atoms with Gasteiger partial charge in [-0.05, 0) is 50.5 Å². The lowest BCUT2D eigenvalue weighted by atomic mass is 10.0. The number of carbonyl (C=O) groups is 2. The van der Waals surface area contributed by atoms with Gasteiger partial charge < -0.3 is 15.7 Å². The number of carbonyl (C=O) groups excluding carboxylic acids is 2. The van der Waals surface area contributed by atoms with Crippen LogP contribution in [0.2, 0.25) is 0 Å². The average Bonchev–Trinajstić information content (AvgIpc) is 2.72. The summed E-state index contributed by atoms with van der Waals surface area (Å²) in [6.45, 7) is 8.16. The fourth-order valence-corrected chi connectivity index (χ4v) is 3.12. The Labute approximate surface area is 179 Å². The molecule has 0 aliphatic heterocycles. The van der Waals surface area contributed by atoms with Crippen molar-refractivity contribution in [2.45, 2.75) is 52.7 Å². The molecule has 0 aromatic heterocycles. The predicted molar refractivity (Wildman–Crippen MR) is 122 cm³/mol. The number of benzene rings is 2. The van der Waals surface area contributed by atoms with Crippen molar-refractivity contribution in [1.82, 2.24) is 5.32 Å². The zero-order valence-electron chi connectivity index (χ0n) is 18.2. The van der Waals surface area contributed by atoms with E-state index in [1.807, 2.05) is 45.0 Å². The van der Waals surface area contributed by atoms with Gasteiger partial charge in [0.2, 0.25) is 5.91 Å². The molecule has 0 aliphatic carbocycles. The second kappa shape index (κ2) is 11.4. The normalized spacial score (nSPS) is 12.7. The van der Waals surface area contributed by atoms with Crippen molar-refractivity contribution >= 4 is 17.4 Å². The second-order valence-electron chi connectivity index (χ2n) is 7.75. The number of aliphatic hydroxyl groups excluding tert-OH is 1. The van der Waals surface area contributed by atoms with E-state index in [1.165, 1.54) is 11.6 Å². The summed E-state index contributed by atoms with van der Waals surface area (Å²) in [7, 11) is 0. The molecule has 0 heterocycles. The number of aryl methyl sites for hydroxylation is 1. The topological polar surface area (TPSA) is 78.4 Å². The lowest BCUT2D eigenvalue weighted by molar-refractivity contribution is -0.111. The highest BCUT2D eigenvalue weighted by molar-refractivity contribution is 6.01. The summed E-state index contributed by atoms with van der Waals surface area (Å²) in [5.74, 6) is -0.231. The first-order valence-electron chi connectivity index (χ1n) is 10.4. The van der Waals surface area contributed by atoms with Gasteiger partial charge in [0.05, 0.1) is 6.10 Å². The molecule has 5 nitrogen and oxygen atoms in total. The van der Waals surface area contributed by atoms with Gasteiger partial charge in [0, 0.05) is 36.3 Å². The van der Waals surface area contributed by atoms with E-state index in [9.17, 15) is 14.7 Å². The van der Waals surface area contributed by atoms with Gasteiger partial charge in [0.15, 0.2) is 5.78 Å². The van der Waals surface area contributed by atoms with Gasteiger partial charge >= 0.3 is 0 Å². The fourth-order valence-electron chi connectivity index (χ4n) is 3.12. The number of anilines is 1. The van der Waals surface area contributed by atoms with Gasteiger partial charge in [-0.25, -0.2) is 0 Å². The van der Waals surface area contributed by atoms with Crippen molar-refractivity contribution in [2.24, 2.45) is 0 Å². The van der Waals surface area contributed by atoms with Crippen LogP contribution < -0.4 is 10.6 Å². The summed E-state index contributed by atoms with van der Waals surface area (Å²) in [5.41, 5.74) is 4.14. The highest BCUT2D eigenvalue weighted by Crippen LogP contribution is 2.18. The van der Waals surface area contributed by atoms with E-state index in [1.54, 1.807) is 24.3 Å². The largest absolute Gasteiger partial charge is 0.387 e. The standard InChI is InChI=1S/C25H32N2O3/c1-5-19-9-11-20(12-10-19)25(30)18(4)26-14-13-23(28)21-7-6-8-22(16-21)27-24(29)15-17(2)3/h6-12,15-16,18,25-26,30H,5,13-14H2,1-4H3,(H,27,29). The van der Waals surface area contributed by atoms with Crippen molar-refractivity contribution in [1.29, 1.82) is 0 Å². The SMILES string of the molecule is CCc1ccc(C(O)C(C)NCCC(=O)c2cccc(NC(=O)C=C(C)C)c2)cc1. The lowest BCUT2D eigenvalue weighted by Gasteiger charge is -2.21. The smallest absolute Gasteiger partial charge is 0.248 e. The highest BCUT2D eigenvalue weighted by Gasteiger charge is 2.16. The number of Topliss-reactive ketones (excluding diaryl/α,β-unsaturated/α-hetero) is 1. The van der Waals surface area contributed by atoms with Crippen LogP contribution in [0.4, 0.5) is 5.69 Å². The molecule has 2 aromatic carbocycles. The second-order valence-corrected chi connectivity index (χ2v) is 7.75. The van der Waals surface area contributed by atoms with E-state index < -0.39 is 6.10 Å². The Hall–Kier alpha value is -2.76. The molecule has 0 saturated heterocycles. The molecule has 5 heteroatoms. The van der Waals surface area contributed by atoms with Crippen molar-refractivity contribution in [3.63, 3.8) is 0 Å². The van der Waals surface area contributed by atoms with E-state index in [4.69, 9.17) is 0 Å². The van der Waals surface area contributed by atoms with Crippen LogP contribution >= 0.6 is 0 Å². The Morgan fingerprint density at radius 3 is 2.43 bits per heavy atom. The molecule has 2 rings (SSSR count). The molecule has 0 fully saturated rings. The maximum atomic E-state index is 12.5. The van der Waals surface area contributed by atoms with Crippen LogP contribution in [0.25, 0.3) is 0 Å². The van der Waals surface area contributed by atoms with Crippen LogP contribution in [0.15, 0.2) is 60.2 Å². The molecule has 160 valence electrons. The monoisotopic (exact) mass is 408 g/mol. The van der Waals surface area contributed by atoms with Crippen molar-refractivity contribution in [3.05, 3.63) is 76.9 Å². The Morgan fingerprint density at radius 2 is 1.80 bits per heavy atom. The maximum absolute atomic E-state index is 12.5. The minimum absolute atomic E-state index is 0.0187. The first-order valence-corrected chi connectivity index (χ1v) is 10.4. The lowest BCUT2D eigenvalue weighted by Crippen LogP contribution is -2.33. The summed E-state index contributed by atoms with van der Waals surface area (Å²) in [6.07, 6.45) is 2.14. The Morgan fingerprint density at radius 1 is 1.10 bits per heavy atom. The average molecular weight is 409 g/mol. The molecular formula is C25H32N2O3. The summed E-state index contributed by atoms with van der Waals surface area (Å²) in [5, 5.41) is 16.5. The number of rotatable bonds is 10. The number of aliphatic hydroxyl groups is 1. The first kappa shape index (κ1) is 23.5. The van der Waals surface area contributed by atoms with Crippen LogP contribution in [0.5, 0.6) is 0 Å². The molecule has 0 spiro atoms. The summed E-state index contributed by atoms with van der Waals surface area (Å²) in [6, 6.07) is 14.7. The van der Waals surface area contributed by atoms with Crippen molar-refractivity contribution in [3.8, 4) is 0 Å². The third-order valence-electron chi connectivity index (χ3n) is 4.89. The van der Waals surface area contributed by atoms with Crippen LogP contribution in [0.1, 0.15) is 61.7 Å². The molecule has 0 aliphatic rings. The van der Waals surface area contributed by atoms with Gasteiger partial charge in [0.25, 0.3) is 0 Å². The Bertz CT molecular complexity index is 884. The van der Waals surface area contributed by atoms with Gasteiger partial charge in [-0.2, -0.15) is 0 Å². The Balaban J connectivity index is 1.87. The van der Waals surface area contributed by atoms with E-state index in [0.717, 1.165) is 17.6 Å². The molecule has 2 unspecified atom stereocenters. The molecular weight excluding hydrogens is 376 g/mol. The molecule has 0 bridgehead atoms. The van der Waals surface area contributed by atoms with Gasteiger partial charge in [-0.1, -0.05) is 48.9 Å². The molecule has 3 N–H and O–H groups in total. The van der Waals surface area contributed by atoms with Gasteiger partial charge in [-0.15, -0.1) is 0 Å². The molecule has 30 heavy (non-hydrogen) atoms. The van der Waals surface area contributed by atoms with Gasteiger partial charge in [-0.3, -0.25) is 9.59 Å². The van der Waals surface area contributed by atoms with E-state index in [0.29, 0.717) is 24.2 Å². The number of hydrogen-bond acceptors (Lipinski definition) is 4.